The molecule has 24 heavy (non-hydrogen) atoms. The van der Waals surface area contributed by atoms with Crippen molar-refractivity contribution in [2.45, 2.75) is 12.0 Å². The zero-order valence-corrected chi connectivity index (χ0v) is 13.8. The van der Waals surface area contributed by atoms with Crippen LogP contribution in [0.3, 0.4) is 0 Å². The van der Waals surface area contributed by atoms with Crippen molar-refractivity contribution in [3.63, 3.8) is 0 Å². The minimum absolute atomic E-state index is 0.0693. The maximum absolute atomic E-state index is 12.5. The number of benzene rings is 1. The first-order valence-corrected chi connectivity index (χ1v) is 7.81. The number of carbonyl (C=O) groups excluding carboxylic acids is 2. The average molecular weight is 360 g/mol. The summed E-state index contributed by atoms with van der Waals surface area (Å²) < 4.78 is 1.65. The molecule has 1 aliphatic rings. The van der Waals surface area contributed by atoms with Crippen LogP contribution in [0.1, 0.15) is 17.5 Å². The molecule has 2 aromatic rings. The molecule has 0 saturated carbocycles. The van der Waals surface area contributed by atoms with Crippen molar-refractivity contribution in [2.75, 3.05) is 0 Å². The number of amides is 2. The lowest BCUT2D eigenvalue weighted by molar-refractivity contribution is -0.711. The fraction of sp³-hybridized carbons (Fsp3) is 0.118. The lowest BCUT2D eigenvalue weighted by Gasteiger charge is -2.29. The number of nitrogens with one attached hydrogen (secondary N) is 1. The highest BCUT2D eigenvalue weighted by atomic mass is 35.5. The molecule has 7 heteroatoms. The number of hydrogen-bond donors (Lipinski definition) is 1. The molecule has 2 atom stereocenters. The van der Waals surface area contributed by atoms with E-state index < -0.39 is 23.8 Å². The standard InChI is InChI=1S/C17H11Cl2N3O2/c18-10-4-5-11(13(19)8-10)14-12(9-20)16(23)21-17(24)15(14)22-6-2-1-3-7-22/h1-8,14-15H,(H,21,23,24). The smallest absolute Gasteiger partial charge is 0.296 e. The summed E-state index contributed by atoms with van der Waals surface area (Å²) in [6.07, 6.45) is 3.40. The van der Waals surface area contributed by atoms with Gasteiger partial charge in [0.25, 0.3) is 11.8 Å². The van der Waals surface area contributed by atoms with Gasteiger partial charge in [0.2, 0.25) is 6.04 Å². The van der Waals surface area contributed by atoms with Crippen molar-refractivity contribution in [1.29, 1.82) is 0 Å². The van der Waals surface area contributed by atoms with Crippen LogP contribution in [-0.4, -0.2) is 17.7 Å². The minimum Gasteiger partial charge on any atom is -0.763 e. The largest absolute Gasteiger partial charge is 0.763 e. The van der Waals surface area contributed by atoms with Crippen LogP contribution in [0.2, 0.25) is 10.0 Å². The highest BCUT2D eigenvalue weighted by Crippen LogP contribution is 2.39. The Labute approximate surface area is 148 Å². The first-order chi connectivity index (χ1) is 11.5. The second-order valence-electron chi connectivity index (χ2n) is 5.25. The molecule has 5 nitrogen and oxygen atoms in total. The van der Waals surface area contributed by atoms with Gasteiger partial charge in [-0.1, -0.05) is 35.3 Å². The summed E-state index contributed by atoms with van der Waals surface area (Å²) in [5.74, 6) is -0.0827. The number of aromatic nitrogens is 1. The number of carbonyl (C=O) groups is 2. The number of rotatable bonds is 2. The van der Waals surface area contributed by atoms with E-state index >= 15 is 0 Å². The topological polar surface area (TPSA) is 72.3 Å². The van der Waals surface area contributed by atoms with Gasteiger partial charge in [0.15, 0.2) is 12.4 Å². The molecule has 0 bridgehead atoms. The number of halogens is 2. The Morgan fingerprint density at radius 3 is 2.46 bits per heavy atom. The first kappa shape index (κ1) is 16.4. The third kappa shape index (κ3) is 2.85. The predicted octanol–water partition coefficient (Wildman–Crippen LogP) is 2.43. The fourth-order valence-corrected chi connectivity index (χ4v) is 3.33. The van der Waals surface area contributed by atoms with Crippen LogP contribution in [-0.2, 0) is 9.59 Å². The SMILES string of the molecule is [N-]=C=C1C(=O)NC(=O)C([n+]2ccccc2)C1c1ccc(Cl)cc1Cl. The van der Waals surface area contributed by atoms with Crippen molar-refractivity contribution in [3.8, 4) is 0 Å². The molecule has 2 unspecified atom stereocenters. The molecule has 0 aliphatic carbocycles. The Kier molecular flexibility index (Phi) is 4.49. The quantitative estimate of drug-likeness (QED) is 0.387. The molecule has 2 heterocycles. The van der Waals surface area contributed by atoms with Crippen molar-refractivity contribution >= 4 is 40.9 Å². The van der Waals surface area contributed by atoms with Crippen LogP contribution in [0.25, 0.3) is 5.41 Å². The van der Waals surface area contributed by atoms with Gasteiger partial charge in [0, 0.05) is 22.2 Å². The number of nitrogens with zero attached hydrogens (tertiary/aromatic N) is 2. The molecule has 1 aliphatic heterocycles. The summed E-state index contributed by atoms with van der Waals surface area (Å²) in [4.78, 5) is 24.6. The third-order valence-electron chi connectivity index (χ3n) is 3.85. The second kappa shape index (κ2) is 6.57. The Hall–Kier alpha value is -2.46. The number of hydrogen-bond acceptors (Lipinski definition) is 2. The molecule has 3 rings (SSSR count). The van der Waals surface area contributed by atoms with Gasteiger partial charge >= 0.3 is 0 Å². The van der Waals surface area contributed by atoms with Gasteiger partial charge in [0.1, 0.15) is 0 Å². The maximum Gasteiger partial charge on any atom is 0.296 e. The number of imide groups is 1. The predicted molar refractivity (Wildman–Crippen MR) is 89.9 cm³/mol. The lowest BCUT2D eigenvalue weighted by atomic mass is 9.81. The summed E-state index contributed by atoms with van der Waals surface area (Å²) in [6, 6.07) is 9.29. The highest BCUT2D eigenvalue weighted by Gasteiger charge is 2.47. The average Bonchev–Trinajstić information content (AvgIpc) is 2.55. The normalized spacial score (nSPS) is 20.5. The van der Waals surface area contributed by atoms with Gasteiger partial charge in [0.05, 0.1) is 11.5 Å². The van der Waals surface area contributed by atoms with Gasteiger partial charge in [-0.3, -0.25) is 20.8 Å². The summed E-state index contributed by atoms with van der Waals surface area (Å²) in [7, 11) is 0. The van der Waals surface area contributed by atoms with E-state index in [0.717, 1.165) is 0 Å². The Bertz CT molecular complexity index is 877. The minimum atomic E-state index is -0.808. The van der Waals surface area contributed by atoms with Gasteiger partial charge < -0.3 is 5.41 Å². The molecule has 2 amide bonds. The van der Waals surface area contributed by atoms with Crippen molar-refractivity contribution in [1.82, 2.24) is 5.32 Å². The van der Waals surface area contributed by atoms with Crippen LogP contribution in [0, 0.1) is 0 Å². The van der Waals surface area contributed by atoms with Crippen LogP contribution in [0.5, 0.6) is 0 Å². The van der Waals surface area contributed by atoms with E-state index in [0.29, 0.717) is 15.6 Å². The molecular formula is C17H11Cl2N3O2. The van der Waals surface area contributed by atoms with E-state index in [1.165, 1.54) is 6.07 Å². The zero-order chi connectivity index (χ0) is 17.3. The number of pyridine rings is 1. The molecule has 1 aromatic carbocycles. The zero-order valence-electron chi connectivity index (χ0n) is 12.2. The lowest BCUT2D eigenvalue weighted by Crippen LogP contribution is -2.57. The fourth-order valence-electron chi connectivity index (χ4n) is 2.81. The van der Waals surface area contributed by atoms with E-state index in [1.807, 2.05) is 11.9 Å². The summed E-state index contributed by atoms with van der Waals surface area (Å²) in [5, 5.41) is 12.4. The van der Waals surface area contributed by atoms with Crippen molar-refractivity contribution < 1.29 is 14.2 Å². The van der Waals surface area contributed by atoms with Crippen LogP contribution < -0.4 is 9.88 Å². The number of piperidine rings is 1. The monoisotopic (exact) mass is 359 g/mol. The van der Waals surface area contributed by atoms with E-state index in [1.54, 1.807) is 41.2 Å². The van der Waals surface area contributed by atoms with Crippen molar-refractivity contribution in [3.05, 3.63) is 75.4 Å². The summed E-state index contributed by atoms with van der Waals surface area (Å²) in [6.45, 7) is 0. The van der Waals surface area contributed by atoms with Crippen LogP contribution >= 0.6 is 23.2 Å². The third-order valence-corrected chi connectivity index (χ3v) is 4.42. The summed E-state index contributed by atoms with van der Waals surface area (Å²) >= 11 is 12.2. The summed E-state index contributed by atoms with van der Waals surface area (Å²) in [5.41, 5.74) is 0.433. The van der Waals surface area contributed by atoms with E-state index in [4.69, 9.17) is 23.2 Å². The van der Waals surface area contributed by atoms with Crippen LogP contribution in [0.4, 0.5) is 0 Å². The molecular weight excluding hydrogens is 349 g/mol. The van der Waals surface area contributed by atoms with Gasteiger partial charge in [-0.25, -0.2) is 0 Å². The molecule has 1 saturated heterocycles. The first-order valence-electron chi connectivity index (χ1n) is 7.06. The van der Waals surface area contributed by atoms with Gasteiger partial charge in [-0.2, -0.15) is 4.57 Å². The molecule has 1 aromatic heterocycles. The Morgan fingerprint density at radius 2 is 1.83 bits per heavy atom. The molecule has 0 spiro atoms. The van der Waals surface area contributed by atoms with Crippen LogP contribution in [0.15, 0.2) is 54.4 Å². The molecule has 120 valence electrons. The Balaban J connectivity index is 2.22. The van der Waals surface area contributed by atoms with Crippen molar-refractivity contribution in [2.24, 2.45) is 0 Å². The van der Waals surface area contributed by atoms with Gasteiger partial charge in [-0.15, -0.1) is 0 Å². The van der Waals surface area contributed by atoms with E-state index in [9.17, 15) is 15.0 Å². The second-order valence-corrected chi connectivity index (χ2v) is 6.10. The van der Waals surface area contributed by atoms with E-state index in [-0.39, 0.29) is 5.57 Å². The van der Waals surface area contributed by atoms with E-state index in [2.05, 4.69) is 5.32 Å². The maximum atomic E-state index is 12.5. The van der Waals surface area contributed by atoms with Gasteiger partial charge in [-0.05, 0) is 17.7 Å². The Morgan fingerprint density at radius 1 is 1.12 bits per heavy atom. The molecule has 0 radical (unpaired) electrons. The highest BCUT2D eigenvalue weighted by molar-refractivity contribution is 6.35. The molecule has 1 N–H and O–H groups in total. The molecule has 1 fully saturated rings.